The van der Waals surface area contributed by atoms with Crippen molar-refractivity contribution in [2.45, 2.75) is 38.9 Å². The van der Waals surface area contributed by atoms with Crippen molar-refractivity contribution in [1.29, 1.82) is 5.41 Å². The van der Waals surface area contributed by atoms with Crippen molar-refractivity contribution in [3.63, 3.8) is 0 Å². The minimum Gasteiger partial charge on any atom is -0.385 e. The molecule has 0 aliphatic heterocycles. The monoisotopic (exact) mass is 353 g/mol. The first-order valence-corrected chi connectivity index (χ1v) is 8.07. The molecule has 0 radical (unpaired) electrons. The summed E-state index contributed by atoms with van der Waals surface area (Å²) in [6.45, 7) is 3.65. The minimum absolute atomic E-state index is 0.0543. The maximum atomic E-state index is 12.9. The van der Waals surface area contributed by atoms with Crippen LogP contribution in [0.5, 0.6) is 0 Å². The Balaban J connectivity index is 2.20. The van der Waals surface area contributed by atoms with Gasteiger partial charge in [0.25, 0.3) is 0 Å². The van der Waals surface area contributed by atoms with Gasteiger partial charge < -0.3 is 21.4 Å². The predicted octanol–water partition coefficient (Wildman–Crippen LogP) is 4.10. The van der Waals surface area contributed by atoms with Crippen LogP contribution in [0.25, 0.3) is 0 Å². The number of hydrogen-bond donors (Lipinski definition) is 4. The number of nitrogens with zero attached hydrogens (tertiary/aromatic N) is 1. The first-order valence-electron chi connectivity index (χ1n) is 8.07. The third-order valence-corrected chi connectivity index (χ3v) is 3.73. The summed E-state index contributed by atoms with van der Waals surface area (Å²) in [5.41, 5.74) is 1.22. The zero-order chi connectivity index (χ0) is 18.4. The maximum absolute atomic E-state index is 12.9. The summed E-state index contributed by atoms with van der Waals surface area (Å²) in [5.74, 6) is -0.179. The highest BCUT2D eigenvalue weighted by atomic mass is 19.4. The lowest BCUT2D eigenvalue weighted by molar-refractivity contribution is -0.0925. The molecular formula is C17H22F3N5. The van der Waals surface area contributed by atoms with Gasteiger partial charge >= 0.3 is 6.18 Å². The fraction of sp³-hybridized carbons (Fsp3) is 0.412. The molecule has 1 fully saturated rings. The van der Waals surface area contributed by atoms with E-state index in [2.05, 4.69) is 20.9 Å². The number of allylic oxidation sites excluding steroid dienone is 1. The molecule has 1 saturated carbocycles. The van der Waals surface area contributed by atoms with Crippen LogP contribution < -0.4 is 16.0 Å². The van der Waals surface area contributed by atoms with Gasteiger partial charge in [-0.25, -0.2) is 4.99 Å². The van der Waals surface area contributed by atoms with Crippen LogP contribution in [0.3, 0.4) is 0 Å². The van der Waals surface area contributed by atoms with E-state index in [1.54, 1.807) is 12.1 Å². The molecule has 8 heteroatoms. The van der Waals surface area contributed by atoms with Gasteiger partial charge in [0.2, 0.25) is 0 Å². The first-order chi connectivity index (χ1) is 11.9. The van der Waals surface area contributed by atoms with Crippen molar-refractivity contribution < 1.29 is 13.2 Å². The molecule has 1 aromatic carbocycles. The van der Waals surface area contributed by atoms with Gasteiger partial charge in [-0.1, -0.05) is 6.07 Å². The van der Waals surface area contributed by atoms with E-state index in [1.165, 1.54) is 12.6 Å². The molecule has 0 saturated heterocycles. The fourth-order valence-corrected chi connectivity index (χ4v) is 2.16. The Morgan fingerprint density at radius 2 is 2.00 bits per heavy atom. The molecule has 1 aliphatic carbocycles. The van der Waals surface area contributed by atoms with Gasteiger partial charge in [-0.05, 0) is 38.8 Å². The number of aliphatic imine (C=N–C) groups is 1. The second-order valence-corrected chi connectivity index (χ2v) is 5.73. The summed E-state index contributed by atoms with van der Waals surface area (Å²) in [7, 11) is 0. The van der Waals surface area contributed by atoms with Crippen LogP contribution in [0.15, 0.2) is 34.6 Å². The normalized spacial score (nSPS) is 15.7. The number of anilines is 2. The zero-order valence-electron chi connectivity index (χ0n) is 14.2. The molecular weight excluding hydrogens is 331 g/mol. The van der Waals surface area contributed by atoms with Crippen LogP contribution in [0.2, 0.25) is 0 Å². The molecule has 0 atom stereocenters. The molecule has 1 aliphatic rings. The summed E-state index contributed by atoms with van der Waals surface area (Å²) < 4.78 is 38.8. The van der Waals surface area contributed by atoms with E-state index in [-0.39, 0.29) is 11.9 Å². The molecule has 0 unspecified atom stereocenters. The van der Waals surface area contributed by atoms with Crippen molar-refractivity contribution in [2.75, 3.05) is 17.2 Å². The van der Waals surface area contributed by atoms with Crippen LogP contribution >= 0.6 is 0 Å². The molecule has 136 valence electrons. The number of hydrogen-bond acceptors (Lipinski definition) is 4. The molecule has 0 amide bonds. The van der Waals surface area contributed by atoms with Crippen LogP contribution in [0.1, 0.15) is 32.3 Å². The Kier molecular flexibility index (Phi) is 6.06. The van der Waals surface area contributed by atoms with E-state index < -0.39 is 11.7 Å². The highest BCUT2D eigenvalue weighted by molar-refractivity contribution is 5.96. The topological polar surface area (TPSA) is 72.3 Å². The van der Waals surface area contributed by atoms with Gasteiger partial charge in [-0.15, -0.1) is 0 Å². The fourth-order valence-electron chi connectivity index (χ4n) is 2.16. The number of nitrogens with one attached hydrogen (secondary N) is 4. The summed E-state index contributed by atoms with van der Waals surface area (Å²) in [6, 6.07) is 5.42. The average molecular weight is 353 g/mol. The number of rotatable bonds is 8. The largest absolute Gasteiger partial charge is 0.415 e. The second-order valence-electron chi connectivity index (χ2n) is 5.73. The number of benzene rings is 1. The highest BCUT2D eigenvalue weighted by Crippen LogP contribution is 2.29. The van der Waals surface area contributed by atoms with Crippen molar-refractivity contribution in [3.05, 3.63) is 35.2 Å². The van der Waals surface area contributed by atoms with Crippen molar-refractivity contribution in [3.8, 4) is 0 Å². The Labute approximate surface area is 144 Å². The Morgan fingerprint density at radius 1 is 1.32 bits per heavy atom. The van der Waals surface area contributed by atoms with Crippen LogP contribution in [-0.2, 0) is 0 Å². The minimum atomic E-state index is -4.43. The summed E-state index contributed by atoms with van der Waals surface area (Å²) in [4.78, 5) is 3.93. The molecule has 5 nitrogen and oxygen atoms in total. The number of halogens is 3. The van der Waals surface area contributed by atoms with Crippen LogP contribution in [0, 0.1) is 5.41 Å². The van der Waals surface area contributed by atoms with Gasteiger partial charge in [0.05, 0.1) is 17.6 Å². The molecule has 0 aromatic heterocycles. The lowest BCUT2D eigenvalue weighted by Crippen LogP contribution is -2.22. The molecule has 0 heterocycles. The van der Waals surface area contributed by atoms with Gasteiger partial charge in [-0.3, -0.25) is 0 Å². The molecule has 2 rings (SSSR count). The second kappa shape index (κ2) is 8.04. The maximum Gasteiger partial charge on any atom is 0.415 e. The van der Waals surface area contributed by atoms with E-state index in [0.717, 1.165) is 25.5 Å². The molecule has 4 N–H and O–H groups in total. The third kappa shape index (κ3) is 5.23. The van der Waals surface area contributed by atoms with E-state index in [1.807, 2.05) is 13.0 Å². The lowest BCUT2D eigenvalue weighted by atomic mass is 10.1. The Bertz CT molecular complexity index is 675. The van der Waals surface area contributed by atoms with Gasteiger partial charge in [-0.2, -0.15) is 13.2 Å². The first kappa shape index (κ1) is 18.8. The summed E-state index contributed by atoms with van der Waals surface area (Å²) in [6.07, 6.45) is -0.327. The molecule has 0 bridgehead atoms. The Morgan fingerprint density at radius 3 is 2.56 bits per heavy atom. The quantitative estimate of drug-likeness (QED) is 0.420. The number of alkyl halides is 3. The van der Waals surface area contributed by atoms with E-state index >= 15 is 0 Å². The Hall–Kier alpha value is -2.51. The average Bonchev–Trinajstić information content (AvgIpc) is 3.37. The van der Waals surface area contributed by atoms with Crippen molar-refractivity contribution >= 4 is 23.9 Å². The summed E-state index contributed by atoms with van der Waals surface area (Å²) in [5, 5.41) is 16.4. The third-order valence-electron chi connectivity index (χ3n) is 3.73. The highest BCUT2D eigenvalue weighted by Gasteiger charge is 2.34. The van der Waals surface area contributed by atoms with E-state index in [4.69, 9.17) is 5.41 Å². The van der Waals surface area contributed by atoms with Crippen molar-refractivity contribution in [2.24, 2.45) is 4.99 Å². The molecule has 25 heavy (non-hydrogen) atoms. The summed E-state index contributed by atoms with van der Waals surface area (Å²) >= 11 is 0. The SMILES string of the molecule is CCNc1cccc(NC=N/C(NC2CC2)=C(\C)C(F)(F)F)c1C=N. The van der Waals surface area contributed by atoms with E-state index in [0.29, 0.717) is 17.8 Å². The molecule has 0 spiro atoms. The standard InChI is InChI=1S/C17H22F3N5/c1-3-22-14-5-4-6-15(13(14)9-21)23-10-24-16(25-12-7-8-12)11(2)17(18,19)20/h4-6,9-10,12,21-22,25H,3,7-8H2,1-2H3,(H,23,24)/b16-11-,21-9?. The van der Waals surface area contributed by atoms with Gasteiger partial charge in [0.1, 0.15) is 5.82 Å². The smallest absolute Gasteiger partial charge is 0.385 e. The van der Waals surface area contributed by atoms with Crippen molar-refractivity contribution in [1.82, 2.24) is 5.32 Å². The van der Waals surface area contributed by atoms with Crippen LogP contribution in [0.4, 0.5) is 24.5 Å². The van der Waals surface area contributed by atoms with Gasteiger partial charge in [0.15, 0.2) is 0 Å². The zero-order valence-corrected chi connectivity index (χ0v) is 14.2. The van der Waals surface area contributed by atoms with Crippen LogP contribution in [-0.4, -0.2) is 31.3 Å². The van der Waals surface area contributed by atoms with E-state index in [9.17, 15) is 13.2 Å². The molecule has 1 aromatic rings. The lowest BCUT2D eigenvalue weighted by Gasteiger charge is -2.14. The predicted molar refractivity (Wildman–Crippen MR) is 95.5 cm³/mol. The van der Waals surface area contributed by atoms with Gasteiger partial charge in [0, 0.05) is 30.1 Å².